The van der Waals surface area contributed by atoms with Crippen LogP contribution in [-0.2, 0) is 28.8 Å². The van der Waals surface area contributed by atoms with Crippen molar-refractivity contribution in [3.8, 4) is 0 Å². The highest BCUT2D eigenvalue weighted by molar-refractivity contribution is 5.99. The third kappa shape index (κ3) is 13.6. The monoisotopic (exact) mass is 645 g/mol. The Labute approximate surface area is 278 Å². The zero-order valence-electron chi connectivity index (χ0n) is 29.3. The van der Waals surface area contributed by atoms with Crippen LogP contribution in [0.3, 0.4) is 0 Å². The van der Waals surface area contributed by atoms with E-state index >= 15 is 0 Å². The van der Waals surface area contributed by atoms with Gasteiger partial charge in [-0.2, -0.15) is 0 Å². The second-order valence-corrected chi connectivity index (χ2v) is 13.8. The Kier molecular flexibility index (Phi) is 19.0. The zero-order valence-corrected chi connectivity index (χ0v) is 29.3. The Morgan fingerprint density at radius 1 is 0.783 bits per heavy atom. The fourth-order valence-electron chi connectivity index (χ4n) is 6.70. The summed E-state index contributed by atoms with van der Waals surface area (Å²) in [5.74, 6) is -2.03. The largest absolute Gasteiger partial charge is 0.344 e. The minimum Gasteiger partial charge on any atom is -0.344 e. The van der Waals surface area contributed by atoms with Crippen LogP contribution in [0, 0.1) is 11.8 Å². The molecule has 262 valence electrons. The first-order valence-corrected chi connectivity index (χ1v) is 18.6. The lowest BCUT2D eigenvalue weighted by molar-refractivity contribution is -0.147. The summed E-state index contributed by atoms with van der Waals surface area (Å²) < 4.78 is 0. The number of nitrogens with zero attached hydrogens (tertiary/aromatic N) is 1. The second kappa shape index (κ2) is 22.1. The molecular weight excluding hydrogens is 582 g/mol. The van der Waals surface area contributed by atoms with Crippen molar-refractivity contribution in [3.63, 3.8) is 0 Å². The average Bonchev–Trinajstić information content (AvgIpc) is 3.05. The van der Waals surface area contributed by atoms with E-state index in [0.29, 0.717) is 51.5 Å². The maximum Gasteiger partial charge on any atom is 0.246 e. The Balaban J connectivity index is 2.21. The van der Waals surface area contributed by atoms with Gasteiger partial charge in [0.25, 0.3) is 0 Å². The number of ketones is 3. The van der Waals surface area contributed by atoms with Gasteiger partial charge in [0.05, 0.1) is 6.04 Å². The van der Waals surface area contributed by atoms with Crippen LogP contribution in [0.15, 0.2) is 0 Å². The zero-order chi connectivity index (χ0) is 33.9. The highest BCUT2D eigenvalue weighted by atomic mass is 16.2. The molecule has 5 atom stereocenters. The molecule has 0 aromatic heterocycles. The van der Waals surface area contributed by atoms with E-state index in [2.05, 4.69) is 17.6 Å². The van der Waals surface area contributed by atoms with Crippen molar-refractivity contribution in [1.29, 1.82) is 0 Å². The van der Waals surface area contributed by atoms with Crippen LogP contribution in [0.25, 0.3) is 0 Å². The third-order valence-corrected chi connectivity index (χ3v) is 10.0. The van der Waals surface area contributed by atoms with Gasteiger partial charge in [0.15, 0.2) is 5.78 Å². The third-order valence-electron chi connectivity index (χ3n) is 10.0. The van der Waals surface area contributed by atoms with Crippen LogP contribution in [0.4, 0.5) is 0 Å². The van der Waals surface area contributed by atoms with Crippen molar-refractivity contribution in [3.05, 3.63) is 0 Å². The van der Waals surface area contributed by atoms with Gasteiger partial charge in [0.1, 0.15) is 23.7 Å². The van der Waals surface area contributed by atoms with Crippen molar-refractivity contribution in [2.24, 2.45) is 11.8 Å². The van der Waals surface area contributed by atoms with E-state index in [1.807, 2.05) is 20.8 Å². The molecule has 46 heavy (non-hydrogen) atoms. The molecule has 0 saturated carbocycles. The number of nitrogens with one attached hydrogen (secondary N) is 2. The van der Waals surface area contributed by atoms with Gasteiger partial charge in [-0.3, -0.25) is 28.8 Å². The van der Waals surface area contributed by atoms with Gasteiger partial charge in [0, 0.05) is 44.6 Å². The molecule has 2 fully saturated rings. The maximum absolute atomic E-state index is 13.9. The Morgan fingerprint density at radius 2 is 1.41 bits per heavy atom. The number of unbranched alkanes of at least 4 members (excludes halogenated alkanes) is 9. The number of Topliss-reactive ketones (excluding diaryl/α,β-unsaturated/α-hetero) is 3. The molecule has 2 aliphatic rings. The molecule has 3 amide bonds. The van der Waals surface area contributed by atoms with E-state index in [1.54, 1.807) is 4.90 Å². The first kappa shape index (κ1) is 39.6. The van der Waals surface area contributed by atoms with Crippen LogP contribution in [0.1, 0.15) is 163 Å². The number of carbonyl (C=O) groups is 6. The molecule has 0 radical (unpaired) electrons. The highest BCUT2D eigenvalue weighted by Crippen LogP contribution is 2.26. The van der Waals surface area contributed by atoms with Crippen molar-refractivity contribution >= 4 is 35.1 Å². The average molecular weight is 646 g/mol. The molecule has 0 aliphatic carbocycles. The summed E-state index contributed by atoms with van der Waals surface area (Å²) in [7, 11) is 0. The standard InChI is InChI=1S/C37H63N3O6/c1-5-8-9-10-11-12-13-16-22-30(42)26-31-36(45)39-34(27(4)6-2)37(46)40-24-19-18-23-32(40)33(43)25-28(35(44)38-31)20-15-14-17-21-29(41)7-3/h27-28,31-32,34H,5-26H2,1-4H3,(H,38,44)(H,39,45)/t27-,28-,31+,32-,34+/m1/s1. The SMILES string of the molecule is CCCCCCCCCCC(=O)C[C@@H]1NC(=O)[C@H](CCCCCC(=O)CC)CC(=O)[C@H]2CCCCN2C(=O)[C@H]([C@H](C)CC)NC1=O. The summed E-state index contributed by atoms with van der Waals surface area (Å²) in [6.45, 7) is 8.35. The fraction of sp³-hybridized carbons (Fsp3) is 0.838. The summed E-state index contributed by atoms with van der Waals surface area (Å²) in [5.41, 5.74) is 0. The summed E-state index contributed by atoms with van der Waals surface area (Å²) >= 11 is 0. The topological polar surface area (TPSA) is 130 Å². The van der Waals surface area contributed by atoms with Gasteiger partial charge < -0.3 is 15.5 Å². The van der Waals surface area contributed by atoms with Gasteiger partial charge in [-0.1, -0.05) is 91.9 Å². The minimum atomic E-state index is -1.11. The van der Waals surface area contributed by atoms with Crippen LogP contribution in [-0.4, -0.2) is 64.6 Å². The van der Waals surface area contributed by atoms with Gasteiger partial charge in [-0.05, 0) is 44.4 Å². The quantitative estimate of drug-likeness (QED) is 0.148. The van der Waals surface area contributed by atoms with Crippen LogP contribution in [0.5, 0.6) is 0 Å². The molecule has 9 heteroatoms. The lowest BCUT2D eigenvalue weighted by Crippen LogP contribution is -2.61. The molecule has 0 aromatic carbocycles. The number of hydrogen-bond donors (Lipinski definition) is 2. The van der Waals surface area contributed by atoms with E-state index in [-0.39, 0.29) is 42.0 Å². The molecule has 0 aromatic rings. The number of fused-ring (bicyclic) bond motifs is 1. The molecular formula is C37H63N3O6. The van der Waals surface area contributed by atoms with Crippen molar-refractivity contribution in [2.45, 2.75) is 181 Å². The summed E-state index contributed by atoms with van der Waals surface area (Å²) in [6, 6.07) is -2.55. The normalized spacial score (nSPS) is 23.5. The lowest BCUT2D eigenvalue weighted by atomic mass is 9.87. The highest BCUT2D eigenvalue weighted by Gasteiger charge is 2.41. The van der Waals surface area contributed by atoms with E-state index in [4.69, 9.17) is 0 Å². The molecule has 2 N–H and O–H groups in total. The van der Waals surface area contributed by atoms with Crippen LogP contribution < -0.4 is 10.6 Å². The van der Waals surface area contributed by atoms with Gasteiger partial charge in [-0.15, -0.1) is 0 Å². The van der Waals surface area contributed by atoms with Crippen molar-refractivity contribution < 1.29 is 28.8 Å². The Hall–Kier alpha value is -2.58. The number of carbonyl (C=O) groups excluding carboxylic acids is 6. The van der Waals surface area contributed by atoms with Crippen molar-refractivity contribution in [2.75, 3.05) is 6.54 Å². The minimum absolute atomic E-state index is 0.0112. The number of amides is 3. The van der Waals surface area contributed by atoms with Gasteiger partial charge in [0.2, 0.25) is 17.7 Å². The molecule has 2 heterocycles. The molecule has 2 rings (SSSR count). The van der Waals surface area contributed by atoms with E-state index in [1.165, 1.54) is 25.7 Å². The second-order valence-electron chi connectivity index (χ2n) is 13.8. The van der Waals surface area contributed by atoms with Gasteiger partial charge >= 0.3 is 0 Å². The van der Waals surface area contributed by atoms with Gasteiger partial charge in [-0.25, -0.2) is 0 Å². The first-order valence-electron chi connectivity index (χ1n) is 18.6. The van der Waals surface area contributed by atoms with E-state index in [0.717, 1.165) is 51.4 Å². The number of rotatable bonds is 20. The first-order chi connectivity index (χ1) is 22.1. The van der Waals surface area contributed by atoms with Crippen LogP contribution in [0.2, 0.25) is 0 Å². The molecule has 0 bridgehead atoms. The molecule has 9 nitrogen and oxygen atoms in total. The summed E-state index contributed by atoms with van der Waals surface area (Å²) in [6.07, 6.45) is 15.5. The molecule has 2 saturated heterocycles. The summed E-state index contributed by atoms with van der Waals surface area (Å²) in [5, 5.41) is 5.76. The lowest BCUT2D eigenvalue weighted by Gasteiger charge is -2.39. The number of piperidine rings is 1. The van der Waals surface area contributed by atoms with Crippen LogP contribution >= 0.6 is 0 Å². The molecule has 0 spiro atoms. The Bertz CT molecular complexity index is 998. The van der Waals surface area contributed by atoms with E-state index < -0.39 is 35.9 Å². The summed E-state index contributed by atoms with van der Waals surface area (Å²) in [4.78, 5) is 81.7. The van der Waals surface area contributed by atoms with Crippen molar-refractivity contribution in [1.82, 2.24) is 15.5 Å². The predicted octanol–water partition coefficient (Wildman–Crippen LogP) is 6.39. The Morgan fingerprint density at radius 3 is 2.07 bits per heavy atom. The smallest absolute Gasteiger partial charge is 0.246 e. The van der Waals surface area contributed by atoms with E-state index in [9.17, 15) is 28.8 Å². The number of hydrogen-bond acceptors (Lipinski definition) is 6. The maximum atomic E-state index is 13.9. The predicted molar refractivity (Wildman–Crippen MR) is 181 cm³/mol. The molecule has 2 aliphatic heterocycles. The molecule has 0 unspecified atom stereocenters. The fourth-order valence-corrected chi connectivity index (χ4v) is 6.70.